The molecule has 0 saturated carbocycles. The maximum Gasteiger partial charge on any atom is -0.0214 e. The first kappa shape index (κ1) is 82.3. The molecule has 0 unspecified atom stereocenters. The Hall–Kier alpha value is -4.68. The van der Waals surface area contributed by atoms with Crippen LogP contribution in [-0.4, -0.2) is 0 Å². The molecule has 416 valence electrons. The lowest BCUT2D eigenvalue weighted by Crippen LogP contribution is -1.94. The Morgan fingerprint density at radius 3 is 1.01 bits per heavy atom. The van der Waals surface area contributed by atoms with E-state index in [-0.39, 0.29) is 52.0 Å². The van der Waals surface area contributed by atoms with Crippen LogP contribution in [-0.2, 0) is 0 Å². The quantitative estimate of drug-likeness (QED) is 0.156. The van der Waals surface area contributed by atoms with Crippen LogP contribution in [0.5, 0.6) is 0 Å². The van der Waals surface area contributed by atoms with Gasteiger partial charge in [-0.05, 0) is 196 Å². The molecule has 0 nitrogen and oxygen atoms in total. The standard InChI is InChI=1S/6C11H16.7CH4/c1-8(2)11-6-9(3)5-10(4)7-11;1-8(2)11-6-5-9(3)10(4)7-11;1-8(2)11-6-5-9(3)7-10(11)4;1-8(2)11-7-9(3)5-6-10(11)4;1-8(2)11-7-5-6-9(3)10(11)4;1-8(2)11-9(3)6-5-7-10(11)4;;;;;;;/h6*5-8H,1-4H3;7*1H4. The van der Waals surface area contributed by atoms with Gasteiger partial charge in [0.15, 0.2) is 0 Å². The van der Waals surface area contributed by atoms with E-state index in [4.69, 9.17) is 0 Å². The third-order valence-electron chi connectivity index (χ3n) is 12.6. The van der Waals surface area contributed by atoms with Gasteiger partial charge in [0, 0.05) is 0 Å². The van der Waals surface area contributed by atoms with Gasteiger partial charge in [0.2, 0.25) is 0 Å². The predicted molar refractivity (Wildman–Crippen MR) is 347 cm³/mol. The van der Waals surface area contributed by atoms with Gasteiger partial charge in [0.05, 0.1) is 0 Å². The molecule has 0 heteroatoms. The molecule has 6 rings (SSSR count). The minimum absolute atomic E-state index is 0. The molecule has 0 bridgehead atoms. The molecular weight excluding hydrogens is 877 g/mol. The van der Waals surface area contributed by atoms with Crippen LogP contribution in [0.2, 0.25) is 0 Å². The second kappa shape index (κ2) is 40.7. The Kier molecular flexibility index (Phi) is 45.9. The number of benzene rings is 6. The first-order valence-corrected chi connectivity index (χ1v) is 25.1. The number of rotatable bonds is 6. The van der Waals surface area contributed by atoms with Crippen molar-refractivity contribution in [1.29, 1.82) is 0 Å². The average molecular weight is 1000 g/mol. The van der Waals surface area contributed by atoms with E-state index in [9.17, 15) is 0 Å². The molecule has 73 heavy (non-hydrogen) atoms. The molecule has 0 atom stereocenters. The number of hydrogen-bond donors (Lipinski definition) is 0. The smallest absolute Gasteiger partial charge is 0.0214 e. The summed E-state index contributed by atoms with van der Waals surface area (Å²) in [6.07, 6.45) is 0. The number of aryl methyl sites for hydroxylation is 11. The molecule has 0 radical (unpaired) electrons. The molecule has 6 aromatic rings. The normalized spacial score (nSPS) is 9.62. The minimum atomic E-state index is 0. The second-order valence-electron chi connectivity index (χ2n) is 21.0. The third kappa shape index (κ3) is 29.7. The molecule has 0 N–H and O–H groups in total. The van der Waals surface area contributed by atoms with Gasteiger partial charge in [0.25, 0.3) is 0 Å². The van der Waals surface area contributed by atoms with Crippen LogP contribution >= 0.6 is 0 Å². The predicted octanol–water partition coefficient (Wildman–Crippen LogP) is 25.0. The lowest BCUT2D eigenvalue weighted by atomic mass is 9.94. The summed E-state index contributed by atoms with van der Waals surface area (Å²) in [5, 5.41) is 0. The highest BCUT2D eigenvalue weighted by Gasteiger charge is 2.06. The Balaban J connectivity index is -0.000000141. The topological polar surface area (TPSA) is 0 Å². The van der Waals surface area contributed by atoms with E-state index < -0.39 is 0 Å². The van der Waals surface area contributed by atoms with E-state index in [1.54, 1.807) is 0 Å². The zero-order valence-electron chi connectivity index (χ0n) is 46.9. The molecule has 0 heterocycles. The first-order valence-electron chi connectivity index (χ1n) is 25.1. The van der Waals surface area contributed by atoms with Crippen LogP contribution < -0.4 is 0 Å². The van der Waals surface area contributed by atoms with Gasteiger partial charge in [-0.15, -0.1) is 0 Å². The van der Waals surface area contributed by atoms with Crippen LogP contribution in [0, 0.1) is 83.1 Å². The van der Waals surface area contributed by atoms with E-state index >= 15 is 0 Å². The molecule has 0 aliphatic heterocycles. The maximum atomic E-state index is 2.28. The van der Waals surface area contributed by atoms with Crippen molar-refractivity contribution < 1.29 is 0 Å². The fourth-order valence-corrected chi connectivity index (χ4v) is 8.46. The zero-order valence-corrected chi connectivity index (χ0v) is 46.9. The van der Waals surface area contributed by atoms with Crippen molar-refractivity contribution in [3.05, 3.63) is 209 Å². The van der Waals surface area contributed by atoms with Gasteiger partial charge in [-0.2, -0.15) is 0 Å². The van der Waals surface area contributed by atoms with E-state index in [0.29, 0.717) is 35.5 Å². The summed E-state index contributed by atoms with van der Waals surface area (Å²) < 4.78 is 0. The molecule has 0 fully saturated rings. The second-order valence-corrected chi connectivity index (χ2v) is 21.0. The largest absolute Gasteiger partial charge is 0.0776 e. The van der Waals surface area contributed by atoms with Crippen LogP contribution in [0.15, 0.2) is 109 Å². The lowest BCUT2D eigenvalue weighted by molar-refractivity contribution is 0.846. The Labute approximate surface area is 460 Å². The van der Waals surface area contributed by atoms with Crippen molar-refractivity contribution in [2.45, 2.75) is 254 Å². The van der Waals surface area contributed by atoms with Gasteiger partial charge in [-0.3, -0.25) is 0 Å². The van der Waals surface area contributed by atoms with Crippen molar-refractivity contribution in [3.8, 4) is 0 Å². The van der Waals surface area contributed by atoms with Crippen molar-refractivity contribution in [2.75, 3.05) is 0 Å². The van der Waals surface area contributed by atoms with E-state index in [0.717, 1.165) is 0 Å². The molecule has 0 aromatic heterocycles. The van der Waals surface area contributed by atoms with Gasteiger partial charge in [-0.1, -0.05) is 267 Å². The van der Waals surface area contributed by atoms with Gasteiger partial charge < -0.3 is 0 Å². The third-order valence-corrected chi connectivity index (χ3v) is 12.6. The highest BCUT2D eigenvalue weighted by Crippen LogP contribution is 2.24. The van der Waals surface area contributed by atoms with Crippen molar-refractivity contribution in [2.24, 2.45) is 0 Å². The molecule has 0 spiro atoms. The van der Waals surface area contributed by atoms with E-state index in [1.807, 2.05) is 0 Å². The van der Waals surface area contributed by atoms with Gasteiger partial charge in [-0.25, -0.2) is 0 Å². The summed E-state index contributed by atoms with van der Waals surface area (Å²) >= 11 is 0. The average Bonchev–Trinajstić information content (AvgIpc) is 3.21. The Bertz CT molecular complexity index is 2290. The van der Waals surface area contributed by atoms with Gasteiger partial charge in [0.1, 0.15) is 0 Å². The first-order chi connectivity index (χ1) is 30.7. The van der Waals surface area contributed by atoms with E-state index in [2.05, 4.69) is 275 Å². The fourth-order valence-electron chi connectivity index (χ4n) is 8.46. The minimum Gasteiger partial charge on any atom is -0.0776 e. The Morgan fingerprint density at radius 1 is 0.233 bits per heavy atom. The van der Waals surface area contributed by atoms with Crippen molar-refractivity contribution in [1.82, 2.24) is 0 Å². The van der Waals surface area contributed by atoms with Crippen LogP contribution in [0.3, 0.4) is 0 Å². The summed E-state index contributed by atoms with van der Waals surface area (Å²) in [7, 11) is 0. The highest BCUT2D eigenvalue weighted by atomic mass is 14.1. The van der Waals surface area contributed by atoms with Crippen LogP contribution in [0.1, 0.15) is 271 Å². The van der Waals surface area contributed by atoms with Crippen LogP contribution in [0.25, 0.3) is 0 Å². The summed E-state index contributed by atoms with van der Waals surface area (Å²) in [6.45, 7) is 52.8. The van der Waals surface area contributed by atoms with Crippen molar-refractivity contribution in [3.63, 3.8) is 0 Å². The maximum absolute atomic E-state index is 2.28. The summed E-state index contributed by atoms with van der Waals surface area (Å²) in [5.74, 6) is 3.89. The number of hydrogen-bond acceptors (Lipinski definition) is 0. The molecule has 0 aliphatic carbocycles. The monoisotopic (exact) mass is 1000 g/mol. The molecule has 6 aromatic carbocycles. The Morgan fingerprint density at radius 2 is 0.644 bits per heavy atom. The van der Waals surface area contributed by atoms with Gasteiger partial charge >= 0.3 is 0 Å². The SMILES string of the molecule is C.C.C.C.C.C.C.Cc1cc(C)cc(C(C)C)c1.Cc1ccc(C(C)C)c(C)c1.Cc1ccc(C(C)C)cc1C.Cc1ccc(C)c(C(C)C)c1.Cc1cccc(C(C)C)c1C.Cc1cccc(C)c1C(C)C. The lowest BCUT2D eigenvalue weighted by Gasteiger charge is -2.12. The van der Waals surface area contributed by atoms with Crippen molar-refractivity contribution >= 4 is 0 Å². The summed E-state index contributed by atoms with van der Waals surface area (Å²) in [6, 6.07) is 39.7. The zero-order chi connectivity index (χ0) is 50.6. The summed E-state index contributed by atoms with van der Waals surface area (Å²) in [5.41, 5.74) is 25.6. The highest BCUT2D eigenvalue weighted by molar-refractivity contribution is 5.37. The molecule has 0 amide bonds. The summed E-state index contributed by atoms with van der Waals surface area (Å²) in [4.78, 5) is 0. The molecular formula is C73H124. The van der Waals surface area contributed by atoms with Crippen LogP contribution in [0.4, 0.5) is 0 Å². The molecule has 0 aliphatic rings. The van der Waals surface area contributed by atoms with E-state index in [1.165, 1.54) is 100 Å². The fraction of sp³-hybridized carbons (Fsp3) is 0.507. The molecule has 0 saturated heterocycles.